The number of hydrogen-bond donors (Lipinski definition) is 1. The fraction of sp³-hybridized carbons (Fsp3) is 0.880. The molecule has 0 bridgehead atoms. The summed E-state index contributed by atoms with van der Waals surface area (Å²) in [5.74, 6) is -0.361. The molecular formula is C25H49N2O2-. The molecule has 1 unspecified atom stereocenters. The van der Waals surface area contributed by atoms with Crippen molar-refractivity contribution >= 4 is 5.91 Å². The zero-order valence-electron chi connectivity index (χ0n) is 19.5. The van der Waals surface area contributed by atoms with Gasteiger partial charge in [-0.25, -0.2) is 0 Å². The van der Waals surface area contributed by atoms with E-state index >= 15 is 0 Å². The molecule has 0 saturated heterocycles. The number of hydrogen-bond acceptors (Lipinski definition) is 3. The molecule has 0 heterocycles. The second-order valence-electron chi connectivity index (χ2n) is 8.44. The fourth-order valence-corrected chi connectivity index (χ4v) is 3.52. The van der Waals surface area contributed by atoms with Crippen LogP contribution in [0.1, 0.15) is 136 Å². The average molecular weight is 410 g/mol. The molecule has 0 spiro atoms. The summed E-state index contributed by atoms with van der Waals surface area (Å²) in [6.07, 6.45) is 26.6. The highest BCUT2D eigenvalue weighted by Crippen LogP contribution is 2.13. The van der Waals surface area contributed by atoms with Crippen molar-refractivity contribution in [3.05, 3.63) is 17.4 Å². The van der Waals surface area contributed by atoms with Crippen molar-refractivity contribution in [3.63, 3.8) is 0 Å². The van der Waals surface area contributed by atoms with Gasteiger partial charge in [-0.3, -0.25) is 4.79 Å². The molecule has 0 aromatic carbocycles. The Bertz CT molecular complexity index is 385. The molecule has 4 heteroatoms. The first-order valence-electron chi connectivity index (χ1n) is 12.5. The Labute approximate surface area is 181 Å². The average Bonchev–Trinajstić information content (AvgIpc) is 2.74. The van der Waals surface area contributed by atoms with E-state index in [0.29, 0.717) is 17.9 Å². The molecule has 0 aliphatic carbocycles. The summed E-state index contributed by atoms with van der Waals surface area (Å²) in [5.41, 5.74) is 5.58. The third-order valence-corrected chi connectivity index (χ3v) is 5.62. The van der Waals surface area contributed by atoms with E-state index in [1.165, 1.54) is 89.9 Å². The molecule has 0 aliphatic heterocycles. The Kier molecular flexibility index (Phi) is 21.2. The van der Waals surface area contributed by atoms with E-state index in [4.69, 9.17) is 5.73 Å². The lowest BCUT2D eigenvalue weighted by Gasteiger charge is -2.33. The van der Waals surface area contributed by atoms with Gasteiger partial charge >= 0.3 is 0 Å². The van der Waals surface area contributed by atoms with Crippen molar-refractivity contribution in [2.45, 2.75) is 142 Å². The van der Waals surface area contributed by atoms with Crippen LogP contribution in [0.2, 0.25) is 0 Å². The standard InChI is InChI=1S/C25H49N2O2/c1-3-5-6-7-8-9-10-11-12-13-14-15-16-17-18-19-20-21-22-23-25(28)27(29)24(26)4-2/h11-12,24H,3-10,13-23,26H2,1-2H3/q-1/b12-11-. The smallest absolute Gasteiger partial charge is 0.213 e. The minimum atomic E-state index is -0.682. The largest absolute Gasteiger partial charge is 0.755 e. The third-order valence-electron chi connectivity index (χ3n) is 5.62. The number of nitrogens with two attached hydrogens (primary N) is 1. The first kappa shape index (κ1) is 28.1. The van der Waals surface area contributed by atoms with Crippen LogP contribution in [0.3, 0.4) is 0 Å². The van der Waals surface area contributed by atoms with Crippen molar-refractivity contribution in [1.29, 1.82) is 0 Å². The molecule has 29 heavy (non-hydrogen) atoms. The van der Waals surface area contributed by atoms with Gasteiger partial charge in [-0.2, -0.15) is 0 Å². The zero-order chi connectivity index (χ0) is 21.6. The second kappa shape index (κ2) is 21.8. The van der Waals surface area contributed by atoms with E-state index in [9.17, 15) is 10.0 Å². The van der Waals surface area contributed by atoms with Crippen molar-refractivity contribution in [2.24, 2.45) is 5.73 Å². The summed E-state index contributed by atoms with van der Waals surface area (Å²) in [4.78, 5) is 11.7. The lowest BCUT2D eigenvalue weighted by atomic mass is 10.1. The zero-order valence-corrected chi connectivity index (χ0v) is 19.5. The Balaban J connectivity index is 3.26. The Morgan fingerprint density at radius 3 is 1.62 bits per heavy atom. The molecule has 0 aromatic rings. The van der Waals surface area contributed by atoms with Crippen LogP contribution >= 0.6 is 0 Å². The van der Waals surface area contributed by atoms with E-state index in [1.807, 2.05) is 6.92 Å². The number of carbonyl (C=O) groups is 1. The summed E-state index contributed by atoms with van der Waals surface area (Å²) in [5, 5.41) is 12.0. The van der Waals surface area contributed by atoms with Crippen LogP contribution in [-0.2, 0) is 4.79 Å². The van der Waals surface area contributed by atoms with Crippen LogP contribution in [0, 0.1) is 5.21 Å². The maximum Gasteiger partial charge on any atom is 0.213 e. The van der Waals surface area contributed by atoms with Crippen LogP contribution in [0.4, 0.5) is 0 Å². The maximum atomic E-state index is 11.7. The lowest BCUT2D eigenvalue weighted by Crippen LogP contribution is -2.41. The van der Waals surface area contributed by atoms with Gasteiger partial charge in [0, 0.05) is 6.42 Å². The molecule has 172 valence electrons. The summed E-state index contributed by atoms with van der Waals surface area (Å²) < 4.78 is 0. The molecule has 4 nitrogen and oxygen atoms in total. The number of carbonyl (C=O) groups excluding carboxylic acids is 1. The number of hydroxylamine groups is 2. The fourth-order valence-electron chi connectivity index (χ4n) is 3.52. The summed E-state index contributed by atoms with van der Waals surface area (Å²) in [6.45, 7) is 4.09. The van der Waals surface area contributed by atoms with Gasteiger partial charge in [0.05, 0.1) is 6.17 Å². The van der Waals surface area contributed by atoms with Crippen molar-refractivity contribution < 1.29 is 4.79 Å². The quantitative estimate of drug-likeness (QED) is 0.0917. The van der Waals surface area contributed by atoms with Crippen molar-refractivity contribution in [3.8, 4) is 0 Å². The van der Waals surface area contributed by atoms with Gasteiger partial charge < -0.3 is 16.0 Å². The highest BCUT2D eigenvalue weighted by Gasteiger charge is 2.09. The van der Waals surface area contributed by atoms with E-state index < -0.39 is 6.17 Å². The van der Waals surface area contributed by atoms with Crippen molar-refractivity contribution in [1.82, 2.24) is 5.06 Å². The molecule has 0 radical (unpaired) electrons. The number of unbranched alkanes of at least 4 members (excludes halogenated alkanes) is 15. The molecule has 1 amide bonds. The van der Waals surface area contributed by atoms with Gasteiger partial charge in [-0.05, 0) is 38.5 Å². The van der Waals surface area contributed by atoms with Gasteiger partial charge in [-0.1, -0.05) is 103 Å². The molecule has 0 fully saturated rings. The van der Waals surface area contributed by atoms with Crippen molar-refractivity contribution in [2.75, 3.05) is 0 Å². The highest BCUT2D eigenvalue weighted by molar-refractivity contribution is 5.76. The Morgan fingerprint density at radius 2 is 1.17 bits per heavy atom. The number of rotatable bonds is 21. The maximum absolute atomic E-state index is 11.7. The number of amides is 1. The van der Waals surface area contributed by atoms with Gasteiger partial charge in [0.1, 0.15) is 0 Å². The first-order chi connectivity index (χ1) is 14.1. The van der Waals surface area contributed by atoms with E-state index in [-0.39, 0.29) is 5.91 Å². The predicted molar refractivity (Wildman–Crippen MR) is 126 cm³/mol. The SMILES string of the molecule is CCCCCCCC/C=C\CCCCCCCCCCCC(=O)N([O-])C(N)CC. The normalized spacial score (nSPS) is 12.6. The molecule has 0 aromatic heterocycles. The topological polar surface area (TPSA) is 69.4 Å². The second-order valence-corrected chi connectivity index (χ2v) is 8.44. The van der Waals surface area contributed by atoms with Crippen LogP contribution in [0.25, 0.3) is 0 Å². The Hall–Kier alpha value is -0.870. The van der Waals surface area contributed by atoms with Crippen LogP contribution in [0.15, 0.2) is 12.2 Å². The molecule has 0 aliphatic rings. The van der Waals surface area contributed by atoms with E-state index in [2.05, 4.69) is 19.1 Å². The minimum Gasteiger partial charge on any atom is -0.755 e. The molecule has 0 saturated carbocycles. The molecule has 2 N–H and O–H groups in total. The number of allylic oxidation sites excluding steroid dienone is 2. The minimum absolute atomic E-state index is 0.337. The lowest BCUT2D eigenvalue weighted by molar-refractivity contribution is -0.130. The van der Waals surface area contributed by atoms with Gasteiger partial charge in [-0.15, -0.1) is 0 Å². The van der Waals surface area contributed by atoms with E-state index in [1.54, 1.807) is 0 Å². The number of nitrogens with zero attached hydrogens (tertiary/aromatic N) is 1. The van der Waals surface area contributed by atoms with Gasteiger partial charge in [0.25, 0.3) is 0 Å². The summed E-state index contributed by atoms with van der Waals surface area (Å²) >= 11 is 0. The third kappa shape index (κ3) is 18.9. The summed E-state index contributed by atoms with van der Waals surface area (Å²) in [6, 6.07) is 0. The van der Waals surface area contributed by atoms with Crippen LogP contribution in [-0.4, -0.2) is 17.1 Å². The molecule has 0 rings (SSSR count). The summed E-state index contributed by atoms with van der Waals surface area (Å²) in [7, 11) is 0. The van der Waals surface area contributed by atoms with Crippen LogP contribution in [0.5, 0.6) is 0 Å². The molecular weight excluding hydrogens is 360 g/mol. The Morgan fingerprint density at radius 1 is 0.759 bits per heavy atom. The van der Waals surface area contributed by atoms with Crippen LogP contribution < -0.4 is 5.73 Å². The van der Waals surface area contributed by atoms with Gasteiger partial charge in [0.15, 0.2) is 0 Å². The highest BCUT2D eigenvalue weighted by atomic mass is 16.5. The molecule has 1 atom stereocenters. The predicted octanol–water partition coefficient (Wildman–Crippen LogP) is 7.61. The first-order valence-corrected chi connectivity index (χ1v) is 12.5. The van der Waals surface area contributed by atoms with E-state index in [0.717, 1.165) is 19.3 Å². The van der Waals surface area contributed by atoms with Gasteiger partial charge in [0.2, 0.25) is 5.91 Å². The monoisotopic (exact) mass is 409 g/mol.